The van der Waals surface area contributed by atoms with E-state index in [0.29, 0.717) is 17.9 Å². The van der Waals surface area contributed by atoms with Crippen LogP contribution in [-0.2, 0) is 6.18 Å². The van der Waals surface area contributed by atoms with E-state index < -0.39 is 11.7 Å². The standard InChI is InChI=1S/C12H12F3NO/c13-12(14,15)10-3-1-9(2-4-10)11(17)5-8-6-16-7-8/h1-4,8,16H,5-7H2. The average Bonchev–Trinajstić information content (AvgIpc) is 2.22. The molecular weight excluding hydrogens is 231 g/mol. The van der Waals surface area contributed by atoms with Crippen LogP contribution >= 0.6 is 0 Å². The number of rotatable bonds is 3. The van der Waals surface area contributed by atoms with Crippen molar-refractivity contribution >= 4 is 5.78 Å². The molecule has 1 N–H and O–H groups in total. The molecule has 2 nitrogen and oxygen atoms in total. The van der Waals surface area contributed by atoms with E-state index in [-0.39, 0.29) is 5.78 Å². The number of hydrogen-bond acceptors (Lipinski definition) is 2. The molecule has 0 saturated carbocycles. The highest BCUT2D eigenvalue weighted by Gasteiger charge is 2.30. The maximum Gasteiger partial charge on any atom is 0.416 e. The maximum atomic E-state index is 12.3. The number of halogens is 3. The number of carbonyl (C=O) groups excluding carboxylic acids is 1. The monoisotopic (exact) mass is 243 g/mol. The summed E-state index contributed by atoms with van der Waals surface area (Å²) in [5.74, 6) is 0.231. The highest BCUT2D eigenvalue weighted by Crippen LogP contribution is 2.29. The summed E-state index contributed by atoms with van der Waals surface area (Å²) >= 11 is 0. The third-order valence-electron chi connectivity index (χ3n) is 2.87. The topological polar surface area (TPSA) is 29.1 Å². The van der Waals surface area contributed by atoms with Crippen molar-refractivity contribution in [1.29, 1.82) is 0 Å². The van der Waals surface area contributed by atoms with E-state index in [1.807, 2.05) is 0 Å². The lowest BCUT2D eigenvalue weighted by atomic mass is 9.93. The van der Waals surface area contributed by atoms with Crippen molar-refractivity contribution in [2.45, 2.75) is 12.6 Å². The lowest BCUT2D eigenvalue weighted by Crippen LogP contribution is -2.42. The van der Waals surface area contributed by atoms with Gasteiger partial charge in [-0.2, -0.15) is 13.2 Å². The molecule has 1 aliphatic heterocycles. The molecule has 0 spiro atoms. The molecule has 5 heteroatoms. The highest BCUT2D eigenvalue weighted by atomic mass is 19.4. The van der Waals surface area contributed by atoms with E-state index >= 15 is 0 Å². The number of hydrogen-bond donors (Lipinski definition) is 1. The van der Waals surface area contributed by atoms with E-state index in [9.17, 15) is 18.0 Å². The third kappa shape index (κ3) is 2.85. The van der Waals surface area contributed by atoms with Gasteiger partial charge in [-0.15, -0.1) is 0 Å². The van der Waals surface area contributed by atoms with Crippen molar-refractivity contribution < 1.29 is 18.0 Å². The van der Waals surface area contributed by atoms with E-state index in [2.05, 4.69) is 5.32 Å². The molecule has 0 atom stereocenters. The molecule has 1 heterocycles. The number of ketones is 1. The van der Waals surface area contributed by atoms with Crippen LogP contribution in [0.4, 0.5) is 13.2 Å². The fourth-order valence-electron chi connectivity index (χ4n) is 1.72. The molecule has 2 rings (SSSR count). The zero-order chi connectivity index (χ0) is 12.5. The molecule has 0 unspecified atom stereocenters. The Balaban J connectivity index is 2.04. The van der Waals surface area contributed by atoms with Crippen LogP contribution in [0.25, 0.3) is 0 Å². The molecule has 0 amide bonds. The van der Waals surface area contributed by atoms with Gasteiger partial charge in [0.2, 0.25) is 0 Å². The minimum Gasteiger partial charge on any atom is -0.316 e. The van der Waals surface area contributed by atoms with E-state index in [1.165, 1.54) is 12.1 Å². The van der Waals surface area contributed by atoms with Crippen molar-refractivity contribution in [1.82, 2.24) is 5.32 Å². The highest BCUT2D eigenvalue weighted by molar-refractivity contribution is 5.96. The Labute approximate surface area is 96.8 Å². The lowest BCUT2D eigenvalue weighted by Gasteiger charge is -2.26. The number of Topliss-reactive ketones (excluding diaryl/α,β-unsaturated/α-hetero) is 1. The van der Waals surface area contributed by atoms with Crippen LogP contribution in [0, 0.1) is 5.92 Å². The van der Waals surface area contributed by atoms with Gasteiger partial charge < -0.3 is 5.32 Å². The molecule has 17 heavy (non-hydrogen) atoms. The van der Waals surface area contributed by atoms with Crippen LogP contribution in [0.3, 0.4) is 0 Å². The normalized spacial score (nSPS) is 16.6. The van der Waals surface area contributed by atoms with Gasteiger partial charge in [0.1, 0.15) is 0 Å². The Bertz CT molecular complexity index is 407. The second-order valence-corrected chi connectivity index (χ2v) is 4.23. The summed E-state index contributed by atoms with van der Waals surface area (Å²) in [6.45, 7) is 1.62. The van der Waals surface area contributed by atoms with Crippen molar-refractivity contribution in [3.63, 3.8) is 0 Å². The quantitative estimate of drug-likeness (QED) is 0.826. The van der Waals surface area contributed by atoms with Gasteiger partial charge in [0.05, 0.1) is 5.56 Å². The Morgan fingerprint density at radius 2 is 1.82 bits per heavy atom. The molecule has 1 fully saturated rings. The van der Waals surface area contributed by atoms with E-state index in [1.54, 1.807) is 0 Å². The Hall–Kier alpha value is -1.36. The van der Waals surface area contributed by atoms with Crippen molar-refractivity contribution in [3.8, 4) is 0 Å². The number of nitrogens with one attached hydrogen (secondary N) is 1. The molecule has 0 radical (unpaired) electrons. The zero-order valence-corrected chi connectivity index (χ0v) is 9.05. The predicted octanol–water partition coefficient (Wildman–Crippen LogP) is 2.50. The summed E-state index contributed by atoms with van der Waals surface area (Å²) in [7, 11) is 0. The van der Waals surface area contributed by atoms with Gasteiger partial charge in [-0.25, -0.2) is 0 Å². The zero-order valence-electron chi connectivity index (χ0n) is 9.05. The Morgan fingerprint density at radius 1 is 1.24 bits per heavy atom. The van der Waals surface area contributed by atoms with Gasteiger partial charge in [-0.3, -0.25) is 4.79 Å². The first-order valence-corrected chi connectivity index (χ1v) is 5.38. The fraction of sp³-hybridized carbons (Fsp3) is 0.417. The van der Waals surface area contributed by atoms with Gasteiger partial charge in [-0.1, -0.05) is 12.1 Å². The molecule has 92 valence electrons. The van der Waals surface area contributed by atoms with Crippen LogP contribution in [0.15, 0.2) is 24.3 Å². The van der Waals surface area contributed by atoms with Crippen LogP contribution < -0.4 is 5.32 Å². The first kappa shape index (κ1) is 12.1. The number of carbonyl (C=O) groups is 1. The summed E-state index contributed by atoms with van der Waals surface area (Å²) in [4.78, 5) is 11.7. The van der Waals surface area contributed by atoms with E-state index in [4.69, 9.17) is 0 Å². The summed E-state index contributed by atoms with van der Waals surface area (Å²) in [6.07, 6.45) is -3.95. The fourth-order valence-corrected chi connectivity index (χ4v) is 1.72. The molecule has 0 aliphatic carbocycles. The molecule has 1 saturated heterocycles. The largest absolute Gasteiger partial charge is 0.416 e. The molecule has 1 aromatic carbocycles. The Kier molecular flexibility index (Phi) is 3.19. The summed E-state index contributed by atoms with van der Waals surface area (Å²) in [6, 6.07) is 4.40. The van der Waals surface area contributed by atoms with Crippen LogP contribution in [0.1, 0.15) is 22.3 Å². The van der Waals surface area contributed by atoms with Gasteiger partial charge in [-0.05, 0) is 31.1 Å². The molecular formula is C12H12F3NO. The van der Waals surface area contributed by atoms with Crippen LogP contribution in [0.5, 0.6) is 0 Å². The van der Waals surface area contributed by atoms with Crippen LogP contribution in [-0.4, -0.2) is 18.9 Å². The SMILES string of the molecule is O=C(CC1CNC1)c1ccc(C(F)(F)F)cc1. The minimum atomic E-state index is -4.35. The molecule has 1 aromatic rings. The molecule has 0 bridgehead atoms. The smallest absolute Gasteiger partial charge is 0.316 e. The second kappa shape index (κ2) is 4.49. The average molecular weight is 243 g/mol. The second-order valence-electron chi connectivity index (χ2n) is 4.23. The van der Waals surface area contributed by atoms with Gasteiger partial charge in [0.15, 0.2) is 5.78 Å². The van der Waals surface area contributed by atoms with Gasteiger partial charge >= 0.3 is 6.18 Å². The summed E-state index contributed by atoms with van der Waals surface area (Å²) < 4.78 is 36.9. The summed E-state index contributed by atoms with van der Waals surface area (Å²) in [5, 5.41) is 3.05. The third-order valence-corrected chi connectivity index (χ3v) is 2.87. The first-order chi connectivity index (χ1) is 7.97. The van der Waals surface area contributed by atoms with Gasteiger partial charge in [0, 0.05) is 12.0 Å². The van der Waals surface area contributed by atoms with Crippen molar-refractivity contribution in [2.24, 2.45) is 5.92 Å². The van der Waals surface area contributed by atoms with Crippen molar-refractivity contribution in [3.05, 3.63) is 35.4 Å². The van der Waals surface area contributed by atoms with Gasteiger partial charge in [0.25, 0.3) is 0 Å². The number of benzene rings is 1. The van der Waals surface area contributed by atoms with Crippen LogP contribution in [0.2, 0.25) is 0 Å². The molecule has 0 aromatic heterocycles. The lowest BCUT2D eigenvalue weighted by molar-refractivity contribution is -0.137. The van der Waals surface area contributed by atoms with E-state index in [0.717, 1.165) is 25.2 Å². The predicted molar refractivity (Wildman–Crippen MR) is 56.8 cm³/mol. The summed E-state index contributed by atoms with van der Waals surface area (Å²) in [5.41, 5.74) is -0.371. The Morgan fingerprint density at radius 3 is 2.24 bits per heavy atom. The maximum absolute atomic E-state index is 12.3. The minimum absolute atomic E-state index is 0.0924. The van der Waals surface area contributed by atoms with Crippen molar-refractivity contribution in [2.75, 3.05) is 13.1 Å². The first-order valence-electron chi connectivity index (χ1n) is 5.38. The molecule has 1 aliphatic rings. The number of alkyl halides is 3.